The molecule has 0 radical (unpaired) electrons. The summed E-state index contributed by atoms with van der Waals surface area (Å²) in [6, 6.07) is 17.5. The number of rotatable bonds is 8. The Morgan fingerprint density at radius 3 is 2.75 bits per heavy atom. The van der Waals surface area contributed by atoms with Crippen molar-refractivity contribution in [3.05, 3.63) is 72.7 Å². The van der Waals surface area contributed by atoms with Gasteiger partial charge >= 0.3 is 6.03 Å². The second kappa shape index (κ2) is 9.91. The van der Waals surface area contributed by atoms with Gasteiger partial charge in [-0.2, -0.15) is 4.98 Å². The van der Waals surface area contributed by atoms with Crippen molar-refractivity contribution in [2.24, 2.45) is 0 Å². The second-order valence-corrected chi connectivity index (χ2v) is 7.57. The number of carbonyl (C=O) groups is 1. The lowest BCUT2D eigenvalue weighted by Crippen LogP contribution is -2.29. The molecule has 0 saturated carbocycles. The van der Waals surface area contributed by atoms with Crippen LogP contribution in [-0.2, 0) is 0 Å². The molecule has 3 N–H and O–H groups in total. The number of amides is 2. The third-order valence-electron chi connectivity index (χ3n) is 5.15. The first-order valence-corrected chi connectivity index (χ1v) is 10.8. The first kappa shape index (κ1) is 21.3. The Balaban J connectivity index is 1.50. The fourth-order valence-electron chi connectivity index (χ4n) is 3.40. The van der Waals surface area contributed by atoms with Crippen LogP contribution in [0.2, 0.25) is 0 Å². The predicted molar refractivity (Wildman–Crippen MR) is 127 cm³/mol. The number of anilines is 2. The Labute approximate surface area is 187 Å². The van der Waals surface area contributed by atoms with Crippen LogP contribution in [0.5, 0.6) is 0 Å². The van der Waals surface area contributed by atoms with E-state index in [1.54, 1.807) is 12.5 Å². The van der Waals surface area contributed by atoms with Crippen LogP contribution in [0.3, 0.4) is 0 Å². The molecule has 164 valence electrons. The second-order valence-electron chi connectivity index (χ2n) is 7.57. The van der Waals surface area contributed by atoms with E-state index in [0.29, 0.717) is 24.0 Å². The molecule has 4 aromatic rings. The average Bonchev–Trinajstić information content (AvgIpc) is 3.23. The summed E-state index contributed by atoms with van der Waals surface area (Å²) in [5, 5.41) is 9.05. The van der Waals surface area contributed by atoms with Crippen molar-refractivity contribution in [3.8, 4) is 5.82 Å². The monoisotopic (exact) mass is 429 g/mol. The van der Waals surface area contributed by atoms with Gasteiger partial charge in [-0.15, -0.1) is 0 Å². The number of hydrogen-bond donors (Lipinski definition) is 3. The van der Waals surface area contributed by atoms with E-state index < -0.39 is 0 Å². The van der Waals surface area contributed by atoms with Crippen molar-refractivity contribution in [1.29, 1.82) is 0 Å². The standard InChI is InChI=1S/C24H27N7O/c1-3-4-13-26-24(32)29-19-10-11-21-20(15-19)27-16-31(21)22-12-14-25-23(30-22)28-17(2)18-8-6-5-7-9-18/h5-12,14-17H,3-4,13H2,1-2H3,(H,25,28,30)(H2,26,29,32). The predicted octanol–water partition coefficient (Wildman–Crippen LogP) is 4.91. The average molecular weight is 430 g/mol. The van der Waals surface area contributed by atoms with Gasteiger partial charge in [-0.1, -0.05) is 43.7 Å². The number of imidazole rings is 1. The van der Waals surface area contributed by atoms with Crippen LogP contribution in [0, 0.1) is 0 Å². The minimum atomic E-state index is -0.212. The van der Waals surface area contributed by atoms with Crippen LogP contribution in [0.25, 0.3) is 16.9 Å². The number of aromatic nitrogens is 4. The third kappa shape index (κ3) is 5.03. The van der Waals surface area contributed by atoms with Crippen molar-refractivity contribution in [1.82, 2.24) is 24.8 Å². The zero-order valence-corrected chi connectivity index (χ0v) is 18.2. The van der Waals surface area contributed by atoms with Gasteiger partial charge in [0, 0.05) is 18.4 Å². The van der Waals surface area contributed by atoms with Gasteiger partial charge in [0.05, 0.1) is 17.1 Å². The Hall–Kier alpha value is -3.94. The highest BCUT2D eigenvalue weighted by molar-refractivity contribution is 5.92. The maximum absolute atomic E-state index is 12.0. The first-order valence-electron chi connectivity index (χ1n) is 10.8. The van der Waals surface area contributed by atoms with E-state index >= 15 is 0 Å². The van der Waals surface area contributed by atoms with Crippen LogP contribution in [0.1, 0.15) is 38.3 Å². The molecular formula is C24H27N7O. The maximum atomic E-state index is 12.0. The number of unbranched alkanes of at least 4 members (excludes halogenated alkanes) is 1. The molecule has 2 heterocycles. The first-order chi connectivity index (χ1) is 15.6. The number of fused-ring (bicyclic) bond motifs is 1. The summed E-state index contributed by atoms with van der Waals surface area (Å²) in [6.45, 7) is 4.82. The molecule has 4 rings (SSSR count). The largest absolute Gasteiger partial charge is 0.348 e. The molecule has 1 unspecified atom stereocenters. The smallest absolute Gasteiger partial charge is 0.319 e. The molecule has 0 spiro atoms. The molecule has 2 amide bonds. The van der Waals surface area contributed by atoms with E-state index in [4.69, 9.17) is 0 Å². The van der Waals surface area contributed by atoms with Gasteiger partial charge in [-0.25, -0.2) is 14.8 Å². The highest BCUT2D eigenvalue weighted by Gasteiger charge is 2.11. The van der Waals surface area contributed by atoms with Gasteiger partial charge in [0.25, 0.3) is 0 Å². The number of hydrogen-bond acceptors (Lipinski definition) is 5. The summed E-state index contributed by atoms with van der Waals surface area (Å²) < 4.78 is 1.90. The van der Waals surface area contributed by atoms with E-state index in [9.17, 15) is 4.79 Å². The van der Waals surface area contributed by atoms with E-state index in [2.05, 4.69) is 56.9 Å². The topological polar surface area (TPSA) is 96.8 Å². The minimum Gasteiger partial charge on any atom is -0.348 e. The highest BCUT2D eigenvalue weighted by Crippen LogP contribution is 2.22. The molecule has 0 aliphatic carbocycles. The van der Waals surface area contributed by atoms with E-state index in [1.165, 1.54) is 0 Å². The number of nitrogens with one attached hydrogen (secondary N) is 3. The van der Waals surface area contributed by atoms with Crippen molar-refractivity contribution in [2.75, 3.05) is 17.2 Å². The number of benzene rings is 2. The van der Waals surface area contributed by atoms with E-state index in [0.717, 1.165) is 29.4 Å². The normalized spacial score (nSPS) is 11.8. The zero-order chi connectivity index (χ0) is 22.3. The Morgan fingerprint density at radius 2 is 1.94 bits per heavy atom. The molecule has 0 aliphatic heterocycles. The molecule has 0 bridgehead atoms. The van der Waals surface area contributed by atoms with Crippen LogP contribution in [-0.4, -0.2) is 32.1 Å². The molecule has 0 fully saturated rings. The van der Waals surface area contributed by atoms with Gasteiger partial charge in [-0.3, -0.25) is 4.57 Å². The molecule has 32 heavy (non-hydrogen) atoms. The Bertz CT molecular complexity index is 1190. The van der Waals surface area contributed by atoms with Gasteiger partial charge in [0.15, 0.2) is 0 Å². The lowest BCUT2D eigenvalue weighted by Gasteiger charge is -2.14. The molecule has 8 heteroatoms. The SMILES string of the molecule is CCCCNC(=O)Nc1ccc2c(c1)ncn2-c1ccnc(NC(C)c2ccccc2)n1. The number of urea groups is 1. The Morgan fingerprint density at radius 1 is 1.09 bits per heavy atom. The van der Waals surface area contributed by atoms with Crippen LogP contribution >= 0.6 is 0 Å². The summed E-state index contributed by atoms with van der Waals surface area (Å²) in [5.41, 5.74) is 3.51. The van der Waals surface area contributed by atoms with Crippen LogP contribution in [0.15, 0.2) is 67.1 Å². The van der Waals surface area contributed by atoms with Crippen LogP contribution < -0.4 is 16.0 Å². The zero-order valence-electron chi connectivity index (χ0n) is 18.2. The van der Waals surface area contributed by atoms with Crippen molar-refractivity contribution >= 4 is 28.7 Å². The lowest BCUT2D eigenvalue weighted by molar-refractivity contribution is 0.252. The Kier molecular flexibility index (Phi) is 6.60. The number of carbonyl (C=O) groups excluding carboxylic acids is 1. The minimum absolute atomic E-state index is 0.0723. The maximum Gasteiger partial charge on any atom is 0.319 e. The molecule has 2 aromatic carbocycles. The fraction of sp³-hybridized carbons (Fsp3) is 0.250. The molecule has 0 aliphatic rings. The van der Waals surface area contributed by atoms with Gasteiger partial charge in [-0.05, 0) is 43.2 Å². The fourth-order valence-corrected chi connectivity index (χ4v) is 3.40. The van der Waals surface area contributed by atoms with Gasteiger partial charge < -0.3 is 16.0 Å². The molecular weight excluding hydrogens is 402 g/mol. The molecule has 1 atom stereocenters. The van der Waals surface area contributed by atoms with E-state index in [1.807, 2.05) is 47.0 Å². The van der Waals surface area contributed by atoms with Crippen molar-refractivity contribution in [3.63, 3.8) is 0 Å². The van der Waals surface area contributed by atoms with Crippen LogP contribution in [0.4, 0.5) is 16.4 Å². The number of nitrogens with zero attached hydrogens (tertiary/aromatic N) is 4. The lowest BCUT2D eigenvalue weighted by atomic mass is 10.1. The quantitative estimate of drug-likeness (QED) is 0.346. The molecule has 0 saturated heterocycles. The van der Waals surface area contributed by atoms with Gasteiger partial charge in [0.2, 0.25) is 5.95 Å². The van der Waals surface area contributed by atoms with Crippen molar-refractivity contribution < 1.29 is 4.79 Å². The third-order valence-corrected chi connectivity index (χ3v) is 5.15. The molecule has 2 aromatic heterocycles. The molecule has 8 nitrogen and oxygen atoms in total. The van der Waals surface area contributed by atoms with Gasteiger partial charge in [0.1, 0.15) is 12.1 Å². The summed E-state index contributed by atoms with van der Waals surface area (Å²) in [6.07, 6.45) is 5.44. The summed E-state index contributed by atoms with van der Waals surface area (Å²) in [4.78, 5) is 25.5. The summed E-state index contributed by atoms with van der Waals surface area (Å²) in [7, 11) is 0. The van der Waals surface area contributed by atoms with E-state index in [-0.39, 0.29) is 12.1 Å². The highest BCUT2D eigenvalue weighted by atomic mass is 16.2. The summed E-state index contributed by atoms with van der Waals surface area (Å²) >= 11 is 0. The van der Waals surface area contributed by atoms with Crippen molar-refractivity contribution in [2.45, 2.75) is 32.7 Å². The summed E-state index contributed by atoms with van der Waals surface area (Å²) in [5.74, 6) is 1.26.